The van der Waals surface area contributed by atoms with Crippen LogP contribution in [0.15, 0.2) is 48.6 Å². The number of nitrogens with two attached hydrogens (primary N) is 1. The van der Waals surface area contributed by atoms with Crippen LogP contribution in [0.4, 0.5) is 0 Å². The van der Waals surface area contributed by atoms with Gasteiger partial charge in [-0.1, -0.05) is 37.5 Å². The second-order valence-electron chi connectivity index (χ2n) is 4.78. The first-order valence-electron chi connectivity index (χ1n) is 6.65. The zero-order valence-corrected chi connectivity index (χ0v) is 12.9. The smallest absolute Gasteiger partial charge is 0.328 e. The molecule has 0 bridgehead atoms. The molecule has 0 aromatic carbocycles. The first kappa shape index (κ1) is 18.9. The number of rotatable bonds is 8. The lowest BCUT2D eigenvalue weighted by Gasteiger charge is -2.14. The van der Waals surface area contributed by atoms with Crippen molar-refractivity contribution in [1.29, 1.82) is 0 Å². The summed E-state index contributed by atoms with van der Waals surface area (Å²) >= 11 is 0. The molecule has 0 fully saturated rings. The lowest BCUT2D eigenvalue weighted by atomic mass is 10.2. The molecule has 0 aliphatic heterocycles. The Hall–Kier alpha value is -2.14. The van der Waals surface area contributed by atoms with Crippen LogP contribution in [0.2, 0.25) is 0 Å². The van der Waals surface area contributed by atoms with Gasteiger partial charge in [0.25, 0.3) is 0 Å². The zero-order chi connectivity index (χ0) is 16.4. The number of hydrogen-bond donors (Lipinski definition) is 2. The van der Waals surface area contributed by atoms with Crippen LogP contribution >= 0.6 is 0 Å². The van der Waals surface area contributed by atoms with Crippen LogP contribution in [0.25, 0.3) is 0 Å². The predicted octanol–water partition coefficient (Wildman–Crippen LogP) is 1.63. The molecule has 5 nitrogen and oxygen atoms in total. The third-order valence-corrected chi connectivity index (χ3v) is 2.52. The highest BCUT2D eigenvalue weighted by molar-refractivity contribution is 5.86. The van der Waals surface area contributed by atoms with Gasteiger partial charge in [-0.25, -0.2) is 4.79 Å². The quantitative estimate of drug-likeness (QED) is 0.526. The summed E-state index contributed by atoms with van der Waals surface area (Å²) in [5.41, 5.74) is 7.06. The average molecular weight is 292 g/mol. The summed E-state index contributed by atoms with van der Waals surface area (Å²) in [6, 6.07) is -1.39. The van der Waals surface area contributed by atoms with Gasteiger partial charge in [-0.2, -0.15) is 0 Å². The Kier molecular flexibility index (Phi) is 8.73. The van der Waals surface area contributed by atoms with Crippen LogP contribution in [0.5, 0.6) is 0 Å². The normalized spacial score (nSPS) is 14.4. The molecular weight excluding hydrogens is 268 g/mol. The molecule has 0 rings (SSSR count). The van der Waals surface area contributed by atoms with Crippen LogP contribution in [0, 0.1) is 0 Å². The summed E-state index contributed by atoms with van der Waals surface area (Å²) in [7, 11) is 0. The standard InChI is InChI=1S/C16H24N2O3/c1-6-11(2)8-7-9-12(3)10-21-16(20)14(5)18-15(19)13(4)17/h6-9,13-14H,1-2,10,17H2,3-5H3,(H,18,19)/b8-7+,12-9+/t13-,14-/m0/s1. The number of ether oxygens (including phenoxy) is 1. The number of carbonyl (C=O) groups excluding carboxylic acids is 2. The Morgan fingerprint density at radius 1 is 1.38 bits per heavy atom. The van der Waals surface area contributed by atoms with Crippen LogP contribution in [0.3, 0.4) is 0 Å². The molecule has 0 spiro atoms. The van der Waals surface area contributed by atoms with Gasteiger partial charge in [0.15, 0.2) is 0 Å². The third-order valence-electron chi connectivity index (χ3n) is 2.52. The second-order valence-corrected chi connectivity index (χ2v) is 4.78. The molecule has 1 amide bonds. The molecule has 0 aromatic rings. The van der Waals surface area contributed by atoms with Crippen molar-refractivity contribution in [3.05, 3.63) is 48.6 Å². The SMILES string of the molecule is C=CC(=C)/C=C/C=C(\C)COC(=O)[C@H](C)NC(=O)[C@H](C)N. The number of esters is 1. The van der Waals surface area contributed by atoms with Crippen molar-refractivity contribution >= 4 is 11.9 Å². The minimum Gasteiger partial charge on any atom is -0.460 e. The minimum atomic E-state index is -0.729. The van der Waals surface area contributed by atoms with Crippen LogP contribution < -0.4 is 11.1 Å². The van der Waals surface area contributed by atoms with Gasteiger partial charge in [-0.05, 0) is 31.9 Å². The molecule has 0 aromatic heterocycles. The van der Waals surface area contributed by atoms with E-state index in [2.05, 4.69) is 18.5 Å². The Morgan fingerprint density at radius 3 is 2.52 bits per heavy atom. The lowest BCUT2D eigenvalue weighted by molar-refractivity contribution is -0.146. The Morgan fingerprint density at radius 2 is 2.00 bits per heavy atom. The summed E-state index contributed by atoms with van der Waals surface area (Å²) in [6.07, 6.45) is 7.05. The maximum Gasteiger partial charge on any atom is 0.328 e. The molecule has 116 valence electrons. The zero-order valence-electron chi connectivity index (χ0n) is 12.9. The molecule has 0 aliphatic carbocycles. The molecule has 3 N–H and O–H groups in total. The van der Waals surface area contributed by atoms with E-state index in [1.54, 1.807) is 32.1 Å². The first-order valence-corrected chi connectivity index (χ1v) is 6.65. The topological polar surface area (TPSA) is 81.4 Å². The molecule has 21 heavy (non-hydrogen) atoms. The molecule has 0 saturated heterocycles. The van der Waals surface area contributed by atoms with Crippen molar-refractivity contribution in [3.63, 3.8) is 0 Å². The predicted molar refractivity (Wildman–Crippen MR) is 84.4 cm³/mol. The molecule has 0 saturated carbocycles. The molecule has 0 heterocycles. The van der Waals surface area contributed by atoms with E-state index in [0.29, 0.717) is 0 Å². The van der Waals surface area contributed by atoms with Gasteiger partial charge in [-0.15, -0.1) is 0 Å². The fraction of sp³-hybridized carbons (Fsp3) is 0.375. The average Bonchev–Trinajstić information content (AvgIpc) is 2.43. The van der Waals surface area contributed by atoms with E-state index in [1.807, 2.05) is 13.0 Å². The first-order chi connectivity index (χ1) is 9.77. The maximum absolute atomic E-state index is 11.7. The molecule has 0 aliphatic rings. The van der Waals surface area contributed by atoms with E-state index >= 15 is 0 Å². The Labute approximate surface area is 126 Å². The van der Waals surface area contributed by atoms with Gasteiger partial charge in [0.05, 0.1) is 6.04 Å². The molecular formula is C16H24N2O3. The number of allylic oxidation sites excluding steroid dienone is 5. The van der Waals surface area contributed by atoms with Gasteiger partial charge in [0.2, 0.25) is 5.91 Å². The summed E-state index contributed by atoms with van der Waals surface area (Å²) in [5.74, 6) is -0.895. The maximum atomic E-state index is 11.7. The summed E-state index contributed by atoms with van der Waals surface area (Å²) in [4.78, 5) is 23.0. The minimum absolute atomic E-state index is 0.155. The summed E-state index contributed by atoms with van der Waals surface area (Å²) in [6.45, 7) is 12.4. The van der Waals surface area contributed by atoms with E-state index < -0.39 is 24.0 Å². The van der Waals surface area contributed by atoms with E-state index in [-0.39, 0.29) is 6.61 Å². The number of amides is 1. The van der Waals surface area contributed by atoms with Crippen LogP contribution in [-0.4, -0.2) is 30.6 Å². The van der Waals surface area contributed by atoms with Gasteiger partial charge in [-0.3, -0.25) is 4.79 Å². The van der Waals surface area contributed by atoms with E-state index in [0.717, 1.165) is 11.1 Å². The number of nitrogens with one attached hydrogen (secondary N) is 1. The second kappa shape index (κ2) is 9.72. The summed E-state index contributed by atoms with van der Waals surface area (Å²) < 4.78 is 5.09. The number of carbonyl (C=O) groups is 2. The van der Waals surface area contributed by atoms with Crippen LogP contribution in [0.1, 0.15) is 20.8 Å². The molecule has 0 unspecified atom stereocenters. The summed E-state index contributed by atoms with van der Waals surface area (Å²) in [5, 5.41) is 2.47. The third kappa shape index (κ3) is 8.60. The van der Waals surface area contributed by atoms with Crippen molar-refractivity contribution < 1.29 is 14.3 Å². The van der Waals surface area contributed by atoms with Gasteiger partial charge >= 0.3 is 5.97 Å². The van der Waals surface area contributed by atoms with Crippen molar-refractivity contribution in [2.45, 2.75) is 32.9 Å². The molecule has 5 heteroatoms. The van der Waals surface area contributed by atoms with Crippen molar-refractivity contribution in [2.75, 3.05) is 6.61 Å². The van der Waals surface area contributed by atoms with Crippen LogP contribution in [-0.2, 0) is 14.3 Å². The highest BCUT2D eigenvalue weighted by Gasteiger charge is 2.18. The van der Waals surface area contributed by atoms with E-state index in [4.69, 9.17) is 10.5 Å². The Balaban J connectivity index is 4.26. The van der Waals surface area contributed by atoms with E-state index in [9.17, 15) is 9.59 Å². The van der Waals surface area contributed by atoms with Crippen molar-refractivity contribution in [3.8, 4) is 0 Å². The fourth-order valence-corrected chi connectivity index (χ4v) is 1.17. The highest BCUT2D eigenvalue weighted by Crippen LogP contribution is 1.99. The fourth-order valence-electron chi connectivity index (χ4n) is 1.17. The molecule has 2 atom stereocenters. The molecule has 0 radical (unpaired) electrons. The Bertz CT molecular complexity index is 462. The lowest BCUT2D eigenvalue weighted by Crippen LogP contribution is -2.46. The monoisotopic (exact) mass is 292 g/mol. The van der Waals surface area contributed by atoms with Gasteiger partial charge in [0, 0.05) is 0 Å². The number of hydrogen-bond acceptors (Lipinski definition) is 4. The van der Waals surface area contributed by atoms with Crippen molar-refractivity contribution in [1.82, 2.24) is 5.32 Å². The van der Waals surface area contributed by atoms with Crippen molar-refractivity contribution in [2.24, 2.45) is 5.73 Å². The van der Waals surface area contributed by atoms with Gasteiger partial charge < -0.3 is 15.8 Å². The largest absolute Gasteiger partial charge is 0.460 e. The van der Waals surface area contributed by atoms with E-state index in [1.165, 1.54) is 0 Å². The highest BCUT2D eigenvalue weighted by atomic mass is 16.5. The van der Waals surface area contributed by atoms with Gasteiger partial charge in [0.1, 0.15) is 12.6 Å².